The van der Waals surface area contributed by atoms with Crippen LogP contribution in [-0.4, -0.2) is 38.6 Å². The Morgan fingerprint density at radius 1 is 1.38 bits per heavy atom. The van der Waals surface area contributed by atoms with E-state index in [1.807, 2.05) is 0 Å². The summed E-state index contributed by atoms with van der Waals surface area (Å²) in [6, 6.07) is -0.165. The molecule has 2 N–H and O–H groups in total. The number of nitrogens with two attached hydrogens (primary N) is 1. The number of methoxy groups -OCH3 is 1. The normalized spacial score (nSPS) is 26.8. The first-order chi connectivity index (χ1) is 7.78. The highest BCUT2D eigenvalue weighted by Gasteiger charge is 2.41. The third-order valence-electron chi connectivity index (χ3n) is 3.58. The maximum Gasteiger partial charge on any atom is 0.112 e. The molecule has 1 fully saturated rings. The number of hydrogen-bond acceptors (Lipinski definition) is 4. The Labute approximate surface area is 96.7 Å². The van der Waals surface area contributed by atoms with Gasteiger partial charge in [-0.05, 0) is 18.9 Å². The van der Waals surface area contributed by atoms with E-state index in [2.05, 4.69) is 6.08 Å². The summed E-state index contributed by atoms with van der Waals surface area (Å²) >= 11 is 0. The third kappa shape index (κ3) is 2.24. The maximum absolute atomic E-state index is 6.29. The Balaban J connectivity index is 2.10. The second kappa shape index (κ2) is 5.17. The van der Waals surface area contributed by atoms with Gasteiger partial charge in [-0.3, -0.25) is 0 Å². The average Bonchev–Trinajstić information content (AvgIpc) is 2.39. The van der Waals surface area contributed by atoms with Gasteiger partial charge in [0, 0.05) is 33.2 Å². The molecule has 1 saturated heterocycles. The van der Waals surface area contributed by atoms with Gasteiger partial charge in [-0.25, -0.2) is 0 Å². The van der Waals surface area contributed by atoms with Gasteiger partial charge in [0.05, 0.1) is 18.2 Å². The first-order valence-electron chi connectivity index (χ1n) is 6.00. The van der Waals surface area contributed by atoms with Crippen LogP contribution in [0.5, 0.6) is 0 Å². The molecule has 92 valence electrons. The van der Waals surface area contributed by atoms with Crippen LogP contribution in [0.3, 0.4) is 0 Å². The van der Waals surface area contributed by atoms with Crippen molar-refractivity contribution in [2.45, 2.75) is 37.3 Å². The van der Waals surface area contributed by atoms with Gasteiger partial charge in [0.2, 0.25) is 0 Å². The lowest BCUT2D eigenvalue weighted by Gasteiger charge is -2.41. The molecule has 0 aliphatic carbocycles. The SMILES string of the molecule is COC1(C(N)C2=CCCCO2)CCOCC1. The fourth-order valence-corrected chi connectivity index (χ4v) is 2.41. The highest BCUT2D eigenvalue weighted by atomic mass is 16.5. The number of hydrogen-bond donors (Lipinski definition) is 1. The van der Waals surface area contributed by atoms with E-state index in [9.17, 15) is 0 Å². The van der Waals surface area contributed by atoms with Gasteiger partial charge in [-0.2, -0.15) is 0 Å². The zero-order valence-electron chi connectivity index (χ0n) is 9.91. The van der Waals surface area contributed by atoms with Crippen LogP contribution in [0, 0.1) is 0 Å². The molecular weight excluding hydrogens is 206 g/mol. The zero-order valence-corrected chi connectivity index (χ0v) is 9.91. The predicted molar refractivity (Wildman–Crippen MR) is 61.0 cm³/mol. The minimum atomic E-state index is -0.304. The van der Waals surface area contributed by atoms with Crippen LogP contribution >= 0.6 is 0 Å². The van der Waals surface area contributed by atoms with Crippen LogP contribution in [0.2, 0.25) is 0 Å². The van der Waals surface area contributed by atoms with Crippen LogP contribution in [0.25, 0.3) is 0 Å². The van der Waals surface area contributed by atoms with E-state index >= 15 is 0 Å². The third-order valence-corrected chi connectivity index (χ3v) is 3.58. The highest BCUT2D eigenvalue weighted by molar-refractivity contribution is 5.13. The summed E-state index contributed by atoms with van der Waals surface area (Å²) in [6.45, 7) is 2.21. The first kappa shape index (κ1) is 11.9. The van der Waals surface area contributed by atoms with Crippen LogP contribution in [-0.2, 0) is 14.2 Å². The minimum absolute atomic E-state index is 0.165. The maximum atomic E-state index is 6.29. The molecule has 1 unspecified atom stereocenters. The van der Waals surface area contributed by atoms with Crippen molar-refractivity contribution in [1.82, 2.24) is 0 Å². The molecule has 16 heavy (non-hydrogen) atoms. The Morgan fingerprint density at radius 3 is 2.69 bits per heavy atom. The van der Waals surface area contributed by atoms with E-state index < -0.39 is 0 Å². The fourth-order valence-electron chi connectivity index (χ4n) is 2.41. The largest absolute Gasteiger partial charge is 0.496 e. The molecular formula is C12H21NO3. The van der Waals surface area contributed by atoms with Gasteiger partial charge < -0.3 is 19.9 Å². The van der Waals surface area contributed by atoms with E-state index in [4.69, 9.17) is 19.9 Å². The second-order valence-electron chi connectivity index (χ2n) is 4.46. The van der Waals surface area contributed by atoms with E-state index in [-0.39, 0.29) is 11.6 Å². The topological polar surface area (TPSA) is 53.7 Å². The number of allylic oxidation sites excluding steroid dienone is 1. The second-order valence-corrected chi connectivity index (χ2v) is 4.46. The minimum Gasteiger partial charge on any atom is -0.496 e. The lowest BCUT2D eigenvalue weighted by Crippen LogP contribution is -2.54. The fraction of sp³-hybridized carbons (Fsp3) is 0.833. The van der Waals surface area contributed by atoms with Gasteiger partial charge >= 0.3 is 0 Å². The van der Waals surface area contributed by atoms with Crippen LogP contribution in [0.1, 0.15) is 25.7 Å². The summed E-state index contributed by atoms with van der Waals surface area (Å²) in [7, 11) is 1.73. The molecule has 4 nitrogen and oxygen atoms in total. The molecule has 2 aliphatic rings. The van der Waals surface area contributed by atoms with Crippen molar-refractivity contribution in [2.24, 2.45) is 5.73 Å². The van der Waals surface area contributed by atoms with Crippen molar-refractivity contribution in [1.29, 1.82) is 0 Å². The lowest BCUT2D eigenvalue weighted by atomic mass is 9.84. The van der Waals surface area contributed by atoms with Gasteiger partial charge in [-0.15, -0.1) is 0 Å². The number of ether oxygens (including phenoxy) is 3. The van der Waals surface area contributed by atoms with Gasteiger partial charge in [0.15, 0.2) is 0 Å². The Hall–Kier alpha value is -0.580. The Kier molecular flexibility index (Phi) is 3.84. The Bertz CT molecular complexity index is 259. The van der Waals surface area contributed by atoms with Crippen LogP contribution in [0.15, 0.2) is 11.8 Å². The van der Waals surface area contributed by atoms with Crippen LogP contribution < -0.4 is 5.73 Å². The average molecular weight is 227 g/mol. The van der Waals surface area contributed by atoms with E-state index in [1.54, 1.807) is 7.11 Å². The molecule has 2 rings (SSSR count). The van der Waals surface area contributed by atoms with Crippen molar-refractivity contribution in [2.75, 3.05) is 26.9 Å². The van der Waals surface area contributed by atoms with Gasteiger partial charge in [-0.1, -0.05) is 0 Å². The standard InChI is InChI=1S/C12H21NO3/c1-14-12(5-8-15-9-6-12)11(13)10-4-2-3-7-16-10/h4,11H,2-3,5-9,13H2,1H3. The van der Waals surface area contributed by atoms with Crippen molar-refractivity contribution in [3.8, 4) is 0 Å². The van der Waals surface area contributed by atoms with Crippen molar-refractivity contribution in [3.05, 3.63) is 11.8 Å². The molecule has 0 radical (unpaired) electrons. The molecule has 0 saturated carbocycles. The first-order valence-corrected chi connectivity index (χ1v) is 6.00. The molecule has 1 atom stereocenters. The molecule has 2 heterocycles. The molecule has 4 heteroatoms. The molecule has 0 aromatic carbocycles. The summed E-state index contributed by atoms with van der Waals surface area (Å²) in [5.74, 6) is 0.898. The number of rotatable bonds is 3. The molecule has 0 bridgehead atoms. The van der Waals surface area contributed by atoms with Crippen LogP contribution in [0.4, 0.5) is 0 Å². The van der Waals surface area contributed by atoms with Crippen molar-refractivity contribution in [3.63, 3.8) is 0 Å². The summed E-state index contributed by atoms with van der Waals surface area (Å²) in [4.78, 5) is 0. The molecule has 0 amide bonds. The summed E-state index contributed by atoms with van der Waals surface area (Å²) < 4.78 is 16.7. The van der Waals surface area contributed by atoms with Gasteiger partial charge in [0.25, 0.3) is 0 Å². The molecule has 0 aromatic rings. The quantitative estimate of drug-likeness (QED) is 0.787. The smallest absolute Gasteiger partial charge is 0.112 e. The molecule has 0 aromatic heterocycles. The zero-order chi connectivity index (χ0) is 11.4. The van der Waals surface area contributed by atoms with E-state index in [1.165, 1.54) is 0 Å². The summed E-state index contributed by atoms with van der Waals surface area (Å²) in [5.41, 5.74) is 5.99. The van der Waals surface area contributed by atoms with Gasteiger partial charge in [0.1, 0.15) is 5.76 Å². The van der Waals surface area contributed by atoms with E-state index in [0.717, 1.165) is 51.3 Å². The van der Waals surface area contributed by atoms with Crippen molar-refractivity contribution < 1.29 is 14.2 Å². The van der Waals surface area contributed by atoms with E-state index in [0.29, 0.717) is 0 Å². The molecule has 0 spiro atoms. The monoisotopic (exact) mass is 227 g/mol. The predicted octanol–water partition coefficient (Wildman–Crippen LogP) is 1.20. The molecule has 2 aliphatic heterocycles. The van der Waals surface area contributed by atoms with Crippen molar-refractivity contribution >= 4 is 0 Å². The summed E-state index contributed by atoms with van der Waals surface area (Å²) in [5, 5.41) is 0. The summed E-state index contributed by atoms with van der Waals surface area (Å²) in [6.07, 6.45) is 5.92. The Morgan fingerprint density at radius 2 is 2.12 bits per heavy atom. The highest BCUT2D eigenvalue weighted by Crippen LogP contribution is 2.32. The lowest BCUT2D eigenvalue weighted by molar-refractivity contribution is -0.105.